The summed E-state index contributed by atoms with van der Waals surface area (Å²) in [6.07, 6.45) is -1.40. The molecule has 6 rings (SSSR count). The molecule has 4 aliphatic heterocycles. The Balaban J connectivity index is 0.000000245. The molecule has 2 atom stereocenters. The fourth-order valence-electron chi connectivity index (χ4n) is 5.92. The van der Waals surface area contributed by atoms with Crippen molar-refractivity contribution < 1.29 is 37.0 Å². The monoisotopic (exact) mass is 616 g/mol. The number of amides is 3. The number of rotatable bonds is 4. The van der Waals surface area contributed by atoms with Gasteiger partial charge in [0.2, 0.25) is 0 Å². The number of halogens is 3. The van der Waals surface area contributed by atoms with Gasteiger partial charge in [0.05, 0.1) is 5.56 Å². The molecule has 2 aromatic carbocycles. The zero-order valence-electron chi connectivity index (χ0n) is 24.7. The van der Waals surface area contributed by atoms with E-state index in [1.54, 1.807) is 28.0 Å². The zero-order chi connectivity index (χ0) is 31.1. The Morgan fingerprint density at radius 1 is 0.705 bits per heavy atom. The first-order valence-corrected chi connectivity index (χ1v) is 15.3. The van der Waals surface area contributed by atoms with Crippen LogP contribution in [0.1, 0.15) is 41.6 Å². The first-order valence-electron chi connectivity index (χ1n) is 15.3. The number of piperazine rings is 2. The van der Waals surface area contributed by atoms with E-state index in [2.05, 4.69) is 5.32 Å². The maximum absolute atomic E-state index is 13.3. The van der Waals surface area contributed by atoms with E-state index in [-0.39, 0.29) is 35.5 Å². The summed E-state index contributed by atoms with van der Waals surface area (Å²) in [5.41, 5.74) is 0.181. The Labute approximate surface area is 255 Å². The lowest BCUT2D eigenvalue weighted by Gasteiger charge is -2.35. The third-order valence-electron chi connectivity index (χ3n) is 8.39. The lowest BCUT2D eigenvalue weighted by atomic mass is 9.98. The van der Waals surface area contributed by atoms with Crippen molar-refractivity contribution in [3.63, 3.8) is 0 Å². The van der Waals surface area contributed by atoms with Gasteiger partial charge in [-0.15, -0.1) is 0 Å². The lowest BCUT2D eigenvalue weighted by Crippen LogP contribution is -2.52. The SMILES string of the molecule is O=C(C1CCCO1)N1CCNCC1.O=C(c1ccc(-c2ccccc2C(F)(F)F)cc1)N1CCN(C(=O)C2CCCO2)CC1. The largest absolute Gasteiger partial charge is 0.417 e. The highest BCUT2D eigenvalue weighted by Crippen LogP contribution is 2.37. The standard InChI is InChI=1S/C23H23F3N2O3.C9H16N2O2/c24-23(25,26)19-5-2-1-4-18(19)16-7-9-17(10-8-16)21(29)27-11-13-28(14-12-27)22(30)20-6-3-15-31-20;12-9(8-2-1-7-13-8)11-5-3-10-4-6-11/h1-2,4-5,7-10,20H,3,6,11-15H2;8,10H,1-7H2. The topological polar surface area (TPSA) is 91.4 Å². The van der Waals surface area contributed by atoms with E-state index in [1.807, 2.05) is 4.90 Å². The normalized spacial score (nSPS) is 22.4. The molecule has 4 saturated heterocycles. The highest BCUT2D eigenvalue weighted by atomic mass is 19.4. The molecule has 238 valence electrons. The summed E-state index contributed by atoms with van der Waals surface area (Å²) in [6, 6.07) is 11.6. The number of carbonyl (C=O) groups is 3. The molecule has 44 heavy (non-hydrogen) atoms. The van der Waals surface area contributed by atoms with Gasteiger partial charge in [-0.1, -0.05) is 30.3 Å². The Bertz CT molecular complexity index is 1280. The second kappa shape index (κ2) is 14.5. The summed E-state index contributed by atoms with van der Waals surface area (Å²) in [5, 5.41) is 3.23. The Hall–Kier alpha value is -3.48. The molecule has 0 bridgehead atoms. The van der Waals surface area contributed by atoms with E-state index in [1.165, 1.54) is 24.3 Å². The molecule has 3 amide bonds. The Morgan fingerprint density at radius 2 is 1.23 bits per heavy atom. The molecule has 0 saturated carbocycles. The maximum Gasteiger partial charge on any atom is 0.417 e. The van der Waals surface area contributed by atoms with Crippen molar-refractivity contribution >= 4 is 17.7 Å². The molecule has 0 aromatic heterocycles. The van der Waals surface area contributed by atoms with Gasteiger partial charge < -0.3 is 29.5 Å². The van der Waals surface area contributed by atoms with Gasteiger partial charge in [-0.25, -0.2) is 0 Å². The summed E-state index contributed by atoms with van der Waals surface area (Å²) in [4.78, 5) is 42.3. The van der Waals surface area contributed by atoms with E-state index >= 15 is 0 Å². The van der Waals surface area contributed by atoms with Gasteiger partial charge in [0.1, 0.15) is 12.2 Å². The van der Waals surface area contributed by atoms with Crippen LogP contribution >= 0.6 is 0 Å². The van der Waals surface area contributed by atoms with Gasteiger partial charge in [-0.3, -0.25) is 14.4 Å². The van der Waals surface area contributed by atoms with Gasteiger partial charge in [0.15, 0.2) is 0 Å². The van der Waals surface area contributed by atoms with E-state index in [0.29, 0.717) is 43.9 Å². The smallest absolute Gasteiger partial charge is 0.368 e. The first-order chi connectivity index (χ1) is 21.2. The molecule has 4 aliphatic rings. The average molecular weight is 617 g/mol. The summed E-state index contributed by atoms with van der Waals surface area (Å²) >= 11 is 0. The summed E-state index contributed by atoms with van der Waals surface area (Å²) in [5.74, 6) is -0.0175. The van der Waals surface area contributed by atoms with Gasteiger partial charge in [0.25, 0.3) is 17.7 Å². The fraction of sp³-hybridized carbons (Fsp3) is 0.531. The molecule has 4 fully saturated rings. The lowest BCUT2D eigenvalue weighted by molar-refractivity contribution is -0.142. The maximum atomic E-state index is 13.3. The van der Waals surface area contributed by atoms with E-state index in [9.17, 15) is 27.6 Å². The number of benzene rings is 2. The molecular weight excluding hydrogens is 577 g/mol. The van der Waals surface area contributed by atoms with Crippen molar-refractivity contribution in [2.75, 3.05) is 65.6 Å². The van der Waals surface area contributed by atoms with Crippen LogP contribution in [0.15, 0.2) is 48.5 Å². The van der Waals surface area contributed by atoms with Crippen LogP contribution in [0, 0.1) is 0 Å². The minimum atomic E-state index is -4.45. The number of carbonyl (C=O) groups excluding carboxylic acids is 3. The van der Waals surface area contributed by atoms with Crippen LogP contribution in [-0.2, 0) is 25.2 Å². The van der Waals surface area contributed by atoms with E-state index in [4.69, 9.17) is 9.47 Å². The van der Waals surface area contributed by atoms with Crippen molar-refractivity contribution in [3.8, 4) is 11.1 Å². The number of nitrogens with zero attached hydrogens (tertiary/aromatic N) is 3. The van der Waals surface area contributed by atoms with Crippen LogP contribution in [0.4, 0.5) is 13.2 Å². The molecule has 9 nitrogen and oxygen atoms in total. The molecule has 0 radical (unpaired) electrons. The van der Waals surface area contributed by atoms with Crippen LogP contribution < -0.4 is 5.32 Å². The Kier molecular flexibility index (Phi) is 10.5. The molecule has 4 heterocycles. The predicted molar refractivity (Wildman–Crippen MR) is 157 cm³/mol. The molecule has 0 spiro atoms. The highest BCUT2D eigenvalue weighted by Gasteiger charge is 2.34. The van der Waals surface area contributed by atoms with Crippen LogP contribution in [0.3, 0.4) is 0 Å². The average Bonchev–Trinajstić information content (AvgIpc) is 3.80. The van der Waals surface area contributed by atoms with Crippen LogP contribution in [0.2, 0.25) is 0 Å². The third kappa shape index (κ3) is 7.77. The number of hydrogen-bond donors (Lipinski definition) is 1. The summed E-state index contributed by atoms with van der Waals surface area (Å²) in [6.45, 7) is 6.57. The molecule has 1 N–H and O–H groups in total. The molecule has 0 aliphatic carbocycles. The Morgan fingerprint density at radius 3 is 1.75 bits per heavy atom. The van der Waals surface area contributed by atoms with Crippen molar-refractivity contribution in [2.24, 2.45) is 0 Å². The first kappa shape index (κ1) is 31.9. The second-order valence-electron chi connectivity index (χ2n) is 11.3. The summed E-state index contributed by atoms with van der Waals surface area (Å²) in [7, 11) is 0. The number of alkyl halides is 3. The van der Waals surface area contributed by atoms with Crippen molar-refractivity contribution in [1.82, 2.24) is 20.0 Å². The van der Waals surface area contributed by atoms with Crippen LogP contribution in [0.25, 0.3) is 11.1 Å². The van der Waals surface area contributed by atoms with Crippen molar-refractivity contribution in [1.29, 1.82) is 0 Å². The zero-order valence-corrected chi connectivity index (χ0v) is 24.7. The second-order valence-corrected chi connectivity index (χ2v) is 11.3. The van der Waals surface area contributed by atoms with E-state index in [0.717, 1.165) is 64.5 Å². The third-order valence-corrected chi connectivity index (χ3v) is 8.39. The van der Waals surface area contributed by atoms with Gasteiger partial charge in [-0.2, -0.15) is 13.2 Å². The molecule has 12 heteroatoms. The minimum Gasteiger partial charge on any atom is -0.368 e. The minimum absolute atomic E-state index is 0.0164. The van der Waals surface area contributed by atoms with Crippen molar-refractivity contribution in [2.45, 2.75) is 44.1 Å². The van der Waals surface area contributed by atoms with Crippen LogP contribution in [0.5, 0.6) is 0 Å². The van der Waals surface area contributed by atoms with Gasteiger partial charge in [-0.05, 0) is 55.0 Å². The number of hydrogen-bond acceptors (Lipinski definition) is 6. The van der Waals surface area contributed by atoms with Crippen LogP contribution in [-0.4, -0.2) is 110 Å². The number of nitrogens with one attached hydrogen (secondary N) is 1. The van der Waals surface area contributed by atoms with Gasteiger partial charge in [0, 0.05) is 71.1 Å². The van der Waals surface area contributed by atoms with Crippen molar-refractivity contribution in [3.05, 3.63) is 59.7 Å². The quantitative estimate of drug-likeness (QED) is 0.567. The fourth-order valence-corrected chi connectivity index (χ4v) is 5.92. The summed E-state index contributed by atoms with van der Waals surface area (Å²) < 4.78 is 50.6. The predicted octanol–water partition coefficient (Wildman–Crippen LogP) is 3.43. The molecular formula is C32H39F3N4O5. The van der Waals surface area contributed by atoms with E-state index < -0.39 is 11.7 Å². The molecule has 2 unspecified atom stereocenters. The van der Waals surface area contributed by atoms with Gasteiger partial charge >= 0.3 is 6.18 Å². The number of ether oxygens (including phenoxy) is 2. The molecule has 2 aromatic rings. The highest BCUT2D eigenvalue weighted by molar-refractivity contribution is 5.95.